The van der Waals surface area contributed by atoms with Crippen LogP contribution in [0.1, 0.15) is 25.9 Å². The number of thiophene rings is 1. The second kappa shape index (κ2) is 6.22. The van der Waals surface area contributed by atoms with Gasteiger partial charge in [-0.25, -0.2) is 22.9 Å². The van der Waals surface area contributed by atoms with E-state index < -0.39 is 16.0 Å². The summed E-state index contributed by atoms with van der Waals surface area (Å²) in [5.74, 6) is -0.654. The van der Waals surface area contributed by atoms with Crippen molar-refractivity contribution in [3.05, 3.63) is 31.9 Å². The second-order valence-corrected chi connectivity index (χ2v) is 7.80. The third kappa shape index (κ3) is 3.49. The number of sulfonamides is 1. The third-order valence-corrected chi connectivity index (χ3v) is 6.40. The standard InChI is InChI=1S/C12H14N2O4S3/c1-7-5-20-10(12(15)18-3)11(7)21(16,17)13-4-9-14-8(2)6-19-9/h5-6,13H,4H2,1-3H3. The first-order valence-electron chi connectivity index (χ1n) is 5.92. The number of carbonyl (C=O) groups is 1. The van der Waals surface area contributed by atoms with Crippen LogP contribution in [0.25, 0.3) is 0 Å². The number of ether oxygens (including phenoxy) is 1. The molecule has 0 radical (unpaired) electrons. The lowest BCUT2D eigenvalue weighted by Gasteiger charge is -2.07. The second-order valence-electron chi connectivity index (χ2n) is 4.28. The van der Waals surface area contributed by atoms with Crippen molar-refractivity contribution in [2.24, 2.45) is 0 Å². The molecule has 2 aromatic heterocycles. The zero-order valence-electron chi connectivity index (χ0n) is 11.7. The van der Waals surface area contributed by atoms with Crippen molar-refractivity contribution >= 4 is 38.7 Å². The van der Waals surface area contributed by atoms with Gasteiger partial charge in [0, 0.05) is 11.1 Å². The minimum absolute atomic E-state index is 0.0207. The maximum atomic E-state index is 12.4. The van der Waals surface area contributed by atoms with Gasteiger partial charge in [0.2, 0.25) is 10.0 Å². The lowest BCUT2D eigenvalue weighted by atomic mass is 10.3. The highest BCUT2D eigenvalue weighted by atomic mass is 32.2. The molecule has 0 aliphatic heterocycles. The topological polar surface area (TPSA) is 85.4 Å². The van der Waals surface area contributed by atoms with E-state index in [1.807, 2.05) is 12.3 Å². The Labute approximate surface area is 130 Å². The smallest absolute Gasteiger partial charge is 0.349 e. The van der Waals surface area contributed by atoms with Gasteiger partial charge in [0.05, 0.1) is 13.7 Å². The molecule has 6 nitrogen and oxygen atoms in total. The van der Waals surface area contributed by atoms with E-state index in [-0.39, 0.29) is 16.3 Å². The van der Waals surface area contributed by atoms with Gasteiger partial charge in [0.1, 0.15) is 14.8 Å². The van der Waals surface area contributed by atoms with Crippen molar-refractivity contribution in [2.75, 3.05) is 7.11 Å². The fourth-order valence-electron chi connectivity index (χ4n) is 1.71. The number of hydrogen-bond acceptors (Lipinski definition) is 7. The molecule has 0 bridgehead atoms. The normalized spacial score (nSPS) is 11.6. The van der Waals surface area contributed by atoms with Crippen LogP contribution in [0.15, 0.2) is 15.7 Å². The summed E-state index contributed by atoms with van der Waals surface area (Å²) < 4.78 is 31.9. The molecule has 2 heterocycles. The summed E-state index contributed by atoms with van der Waals surface area (Å²) in [4.78, 5) is 15.9. The quantitative estimate of drug-likeness (QED) is 0.838. The van der Waals surface area contributed by atoms with E-state index in [0.717, 1.165) is 17.0 Å². The molecule has 2 rings (SSSR count). The molecule has 9 heteroatoms. The maximum absolute atomic E-state index is 12.4. The fraction of sp³-hybridized carbons (Fsp3) is 0.333. The zero-order valence-corrected chi connectivity index (χ0v) is 14.1. The predicted molar refractivity (Wildman–Crippen MR) is 81.3 cm³/mol. The Morgan fingerprint density at radius 2 is 2.05 bits per heavy atom. The van der Waals surface area contributed by atoms with Gasteiger partial charge in [-0.2, -0.15) is 0 Å². The summed E-state index contributed by atoms with van der Waals surface area (Å²) in [6.07, 6.45) is 0. The van der Waals surface area contributed by atoms with Crippen LogP contribution in [0, 0.1) is 13.8 Å². The molecule has 0 saturated carbocycles. The average molecular weight is 346 g/mol. The van der Waals surface area contributed by atoms with Crippen LogP contribution in [0.5, 0.6) is 0 Å². The van der Waals surface area contributed by atoms with Crippen molar-refractivity contribution in [2.45, 2.75) is 25.3 Å². The van der Waals surface area contributed by atoms with E-state index in [0.29, 0.717) is 10.6 Å². The number of hydrogen-bond donors (Lipinski definition) is 1. The Balaban J connectivity index is 2.27. The number of esters is 1. The van der Waals surface area contributed by atoms with E-state index in [2.05, 4.69) is 14.4 Å². The van der Waals surface area contributed by atoms with Crippen LogP contribution in [-0.2, 0) is 21.3 Å². The molecule has 21 heavy (non-hydrogen) atoms. The maximum Gasteiger partial charge on any atom is 0.349 e. The van der Waals surface area contributed by atoms with Crippen LogP contribution < -0.4 is 4.72 Å². The Kier molecular flexibility index (Phi) is 4.77. The molecule has 0 atom stereocenters. The van der Waals surface area contributed by atoms with Gasteiger partial charge in [-0.05, 0) is 24.8 Å². The molecule has 0 aromatic carbocycles. The number of carbonyl (C=O) groups excluding carboxylic acids is 1. The van der Waals surface area contributed by atoms with Crippen molar-refractivity contribution in [3.63, 3.8) is 0 Å². The monoisotopic (exact) mass is 346 g/mol. The first-order chi connectivity index (χ1) is 9.85. The lowest BCUT2D eigenvalue weighted by molar-refractivity contribution is 0.0602. The summed E-state index contributed by atoms with van der Waals surface area (Å²) in [6, 6.07) is 0. The number of nitrogens with one attached hydrogen (secondary N) is 1. The van der Waals surface area contributed by atoms with Crippen molar-refractivity contribution in [1.29, 1.82) is 0 Å². The highest BCUT2D eigenvalue weighted by molar-refractivity contribution is 7.89. The van der Waals surface area contributed by atoms with Gasteiger partial charge in [0.25, 0.3) is 0 Å². The summed E-state index contributed by atoms with van der Waals surface area (Å²) in [5.41, 5.74) is 1.36. The first-order valence-corrected chi connectivity index (χ1v) is 9.16. The molecule has 114 valence electrons. The summed E-state index contributed by atoms with van der Waals surface area (Å²) >= 11 is 2.43. The minimum atomic E-state index is -3.80. The largest absolute Gasteiger partial charge is 0.465 e. The molecule has 0 fully saturated rings. The predicted octanol–water partition coefficient (Wildman–Crippen LogP) is 2.09. The number of nitrogens with zero attached hydrogens (tertiary/aromatic N) is 1. The van der Waals surface area contributed by atoms with E-state index in [9.17, 15) is 13.2 Å². The molecular weight excluding hydrogens is 332 g/mol. The number of thiazole rings is 1. The molecule has 1 N–H and O–H groups in total. The van der Waals surface area contributed by atoms with E-state index in [1.165, 1.54) is 18.4 Å². The first kappa shape index (κ1) is 16.1. The fourth-order valence-corrected chi connectivity index (χ4v) is 5.21. The minimum Gasteiger partial charge on any atom is -0.465 e. The van der Waals surface area contributed by atoms with Gasteiger partial charge in [-0.1, -0.05) is 0 Å². The molecule has 2 aromatic rings. The van der Waals surface area contributed by atoms with Crippen molar-refractivity contribution in [3.8, 4) is 0 Å². The van der Waals surface area contributed by atoms with Crippen LogP contribution >= 0.6 is 22.7 Å². The molecule has 0 saturated heterocycles. The molecule has 0 aliphatic rings. The lowest BCUT2D eigenvalue weighted by Crippen LogP contribution is -2.25. The molecular formula is C12H14N2O4S3. The van der Waals surface area contributed by atoms with Crippen molar-refractivity contribution in [1.82, 2.24) is 9.71 Å². The van der Waals surface area contributed by atoms with Gasteiger partial charge in [-0.3, -0.25) is 0 Å². The van der Waals surface area contributed by atoms with Gasteiger partial charge >= 0.3 is 5.97 Å². The third-order valence-electron chi connectivity index (χ3n) is 2.64. The Hall–Kier alpha value is -1.29. The number of aryl methyl sites for hydroxylation is 2. The van der Waals surface area contributed by atoms with E-state index >= 15 is 0 Å². The van der Waals surface area contributed by atoms with Crippen LogP contribution in [0.2, 0.25) is 0 Å². The van der Waals surface area contributed by atoms with E-state index in [4.69, 9.17) is 0 Å². The molecule has 0 unspecified atom stereocenters. The number of methoxy groups -OCH3 is 1. The highest BCUT2D eigenvalue weighted by Gasteiger charge is 2.27. The SMILES string of the molecule is COC(=O)c1scc(C)c1S(=O)(=O)NCc1nc(C)cs1. The Morgan fingerprint density at radius 1 is 1.33 bits per heavy atom. The average Bonchev–Trinajstić information content (AvgIpc) is 3.02. The molecule has 0 amide bonds. The summed E-state index contributed by atoms with van der Waals surface area (Å²) in [6.45, 7) is 3.58. The number of rotatable bonds is 5. The number of aromatic nitrogens is 1. The Morgan fingerprint density at radius 3 is 2.62 bits per heavy atom. The van der Waals surface area contributed by atoms with Crippen LogP contribution in [0.4, 0.5) is 0 Å². The van der Waals surface area contributed by atoms with Crippen molar-refractivity contribution < 1.29 is 17.9 Å². The van der Waals surface area contributed by atoms with Gasteiger partial charge in [-0.15, -0.1) is 22.7 Å². The van der Waals surface area contributed by atoms with Crippen LogP contribution in [-0.4, -0.2) is 26.5 Å². The Bertz CT molecular complexity index is 761. The van der Waals surface area contributed by atoms with Gasteiger partial charge in [0.15, 0.2) is 0 Å². The summed E-state index contributed by atoms with van der Waals surface area (Å²) in [7, 11) is -2.57. The van der Waals surface area contributed by atoms with Crippen LogP contribution in [0.3, 0.4) is 0 Å². The zero-order chi connectivity index (χ0) is 15.6. The highest BCUT2D eigenvalue weighted by Crippen LogP contribution is 2.27. The molecule has 0 spiro atoms. The van der Waals surface area contributed by atoms with E-state index in [1.54, 1.807) is 12.3 Å². The molecule has 0 aliphatic carbocycles. The summed E-state index contributed by atoms with van der Waals surface area (Å²) in [5, 5.41) is 4.14. The van der Waals surface area contributed by atoms with Gasteiger partial charge < -0.3 is 4.74 Å².